The highest BCUT2D eigenvalue weighted by atomic mass is 32.2. The zero-order valence-electron chi connectivity index (χ0n) is 24.7. The number of fused-ring (bicyclic) bond motifs is 2. The molecule has 1 saturated heterocycles. The molecule has 4 aromatic carbocycles. The third-order valence-corrected chi connectivity index (χ3v) is 14.2. The van der Waals surface area contributed by atoms with E-state index in [-0.39, 0.29) is 16.2 Å². The molecule has 6 rings (SSSR count). The first-order chi connectivity index (χ1) is 19.7. The highest BCUT2D eigenvalue weighted by molar-refractivity contribution is 7.90. The van der Waals surface area contributed by atoms with Gasteiger partial charge < -0.3 is 4.55 Å². The van der Waals surface area contributed by atoms with Crippen molar-refractivity contribution in [3.63, 3.8) is 0 Å². The third kappa shape index (κ3) is 5.23. The molecule has 41 heavy (non-hydrogen) atoms. The van der Waals surface area contributed by atoms with E-state index in [1.807, 2.05) is 0 Å². The van der Waals surface area contributed by atoms with Crippen LogP contribution < -0.4 is 4.72 Å². The number of hydrogen-bond acceptors (Lipinski definition) is 2. The molecule has 2 aliphatic rings. The molecular formula is C37H40NOPS. The Morgan fingerprint density at radius 1 is 0.780 bits per heavy atom. The van der Waals surface area contributed by atoms with E-state index in [0.717, 1.165) is 0 Å². The predicted molar refractivity (Wildman–Crippen MR) is 178 cm³/mol. The van der Waals surface area contributed by atoms with Crippen LogP contribution in [0.2, 0.25) is 0 Å². The first-order valence-electron chi connectivity index (χ1n) is 14.6. The number of benzene rings is 4. The summed E-state index contributed by atoms with van der Waals surface area (Å²) >= 11 is -1.21. The Labute approximate surface area is 250 Å². The Morgan fingerprint density at radius 2 is 1.29 bits per heavy atom. The predicted octanol–water partition coefficient (Wildman–Crippen LogP) is 9.55. The minimum Gasteiger partial charge on any atom is -0.598 e. The van der Waals surface area contributed by atoms with E-state index < -0.39 is 19.3 Å². The van der Waals surface area contributed by atoms with E-state index in [1.54, 1.807) is 5.31 Å². The van der Waals surface area contributed by atoms with E-state index in [2.05, 4.69) is 155 Å². The highest BCUT2D eigenvalue weighted by Crippen LogP contribution is 2.80. The molecule has 2 aliphatic heterocycles. The molecule has 0 aliphatic carbocycles. The van der Waals surface area contributed by atoms with Gasteiger partial charge in [0.1, 0.15) is 4.75 Å². The van der Waals surface area contributed by atoms with Crippen molar-refractivity contribution in [1.82, 2.24) is 4.72 Å². The van der Waals surface area contributed by atoms with Gasteiger partial charge in [0.2, 0.25) is 0 Å². The average Bonchev–Trinajstić information content (AvgIpc) is 3.44. The second kappa shape index (κ2) is 11.2. The Bertz CT molecular complexity index is 1510. The van der Waals surface area contributed by atoms with E-state index in [1.165, 1.54) is 39.6 Å². The van der Waals surface area contributed by atoms with Gasteiger partial charge in [-0.25, -0.2) is 0 Å². The summed E-state index contributed by atoms with van der Waals surface area (Å²) < 4.78 is 17.2. The monoisotopic (exact) mass is 577 g/mol. The van der Waals surface area contributed by atoms with Crippen molar-refractivity contribution in [2.45, 2.75) is 57.0 Å². The van der Waals surface area contributed by atoms with Crippen LogP contribution in [-0.2, 0) is 11.4 Å². The van der Waals surface area contributed by atoms with E-state index in [4.69, 9.17) is 0 Å². The van der Waals surface area contributed by atoms with Gasteiger partial charge in [-0.3, -0.25) is 0 Å². The van der Waals surface area contributed by atoms with E-state index in [9.17, 15) is 4.55 Å². The fraction of sp³-hybridized carbons (Fsp3) is 0.297. The van der Waals surface area contributed by atoms with Gasteiger partial charge in [0, 0.05) is 28.4 Å². The lowest BCUT2D eigenvalue weighted by atomic mass is 9.67. The van der Waals surface area contributed by atoms with Crippen LogP contribution in [0.3, 0.4) is 0 Å². The minimum absolute atomic E-state index is 0.0372. The largest absolute Gasteiger partial charge is 0.598 e. The maximum atomic E-state index is 13.8. The first-order valence-corrected chi connectivity index (χ1v) is 17.3. The number of allylic oxidation sites excluding steroid dienone is 1. The fourth-order valence-electron chi connectivity index (χ4n) is 6.90. The van der Waals surface area contributed by atoms with Crippen LogP contribution in [-0.4, -0.2) is 21.1 Å². The molecule has 0 aromatic heterocycles. The van der Waals surface area contributed by atoms with Crippen molar-refractivity contribution < 1.29 is 4.55 Å². The van der Waals surface area contributed by atoms with Crippen LogP contribution in [0.15, 0.2) is 121 Å². The zero-order valence-corrected chi connectivity index (χ0v) is 26.4. The second-order valence-electron chi connectivity index (χ2n) is 12.7. The maximum Gasteiger partial charge on any atom is 0.136 e. The summed E-state index contributed by atoms with van der Waals surface area (Å²) in [5, 5.41) is 1.55. The molecule has 4 heteroatoms. The standard InChI is InChI=1S/C37H40NOPS/c1-26-34(31-19-13-8-14-20-31)40-25-37(26,5)32(29-17-11-7-12-18-29)35(40)33(38-41(39)36(2,3)4)30-23-21-28(22-24-30)27-15-9-6-10-16-27/h6-24,32-33,35,38H,25H2,1-5H3/t32?,33-,35-,37-,40+,41?/m1/s1. The van der Waals surface area contributed by atoms with Crippen molar-refractivity contribution in [3.05, 3.63) is 138 Å². The maximum absolute atomic E-state index is 13.8. The Morgan fingerprint density at radius 3 is 1.85 bits per heavy atom. The van der Waals surface area contributed by atoms with Gasteiger partial charge >= 0.3 is 0 Å². The average molecular weight is 578 g/mol. The zero-order chi connectivity index (χ0) is 28.8. The Balaban J connectivity index is 1.50. The lowest BCUT2D eigenvalue weighted by Crippen LogP contribution is -2.46. The van der Waals surface area contributed by atoms with Crippen molar-refractivity contribution in [2.75, 3.05) is 6.16 Å². The van der Waals surface area contributed by atoms with Crippen molar-refractivity contribution in [2.24, 2.45) is 5.41 Å². The molecule has 2 heterocycles. The molecule has 4 aromatic rings. The van der Waals surface area contributed by atoms with Gasteiger partial charge in [-0.15, -0.1) is 4.72 Å². The number of nitrogens with one attached hydrogen (secondary N) is 1. The molecule has 1 N–H and O–H groups in total. The summed E-state index contributed by atoms with van der Waals surface area (Å²) in [6.45, 7) is 11.1. The van der Waals surface area contributed by atoms with Crippen LogP contribution in [0.4, 0.5) is 0 Å². The molecule has 2 bridgehead atoms. The fourth-order valence-corrected chi connectivity index (χ4v) is 12.3. The Hall–Kier alpha value is -2.68. The summed E-state index contributed by atoms with van der Waals surface area (Å²) in [5.41, 5.74) is 8.28. The van der Waals surface area contributed by atoms with Crippen LogP contribution in [0.5, 0.6) is 0 Å². The topological polar surface area (TPSA) is 35.1 Å². The van der Waals surface area contributed by atoms with Crippen LogP contribution >= 0.6 is 7.92 Å². The summed E-state index contributed by atoms with van der Waals surface area (Å²) in [6, 6.07) is 41.6. The molecule has 0 radical (unpaired) electrons. The molecule has 0 saturated carbocycles. The van der Waals surface area contributed by atoms with Crippen LogP contribution in [0, 0.1) is 5.41 Å². The smallest absolute Gasteiger partial charge is 0.136 e. The molecular weight excluding hydrogens is 537 g/mol. The van der Waals surface area contributed by atoms with Crippen LogP contribution in [0.25, 0.3) is 16.4 Å². The number of rotatable bonds is 7. The highest BCUT2D eigenvalue weighted by Gasteiger charge is 2.61. The molecule has 2 nitrogen and oxygen atoms in total. The lowest BCUT2D eigenvalue weighted by molar-refractivity contribution is 0.345. The van der Waals surface area contributed by atoms with Crippen molar-refractivity contribution in [1.29, 1.82) is 0 Å². The molecule has 2 unspecified atom stereocenters. The quantitative estimate of drug-likeness (QED) is 0.175. The SMILES string of the molecule is CC1=C(c2ccccc2)[P@]2C[C@@]1(C)C(c1ccccc1)[C@@H]2[C@H](N[S+]([O-])C(C)(C)C)c1ccc(-c2ccccc2)cc1. The summed E-state index contributed by atoms with van der Waals surface area (Å²) in [4.78, 5) is 0. The molecule has 6 atom stereocenters. The van der Waals surface area contributed by atoms with Gasteiger partial charge in [-0.2, -0.15) is 0 Å². The molecule has 1 fully saturated rings. The molecule has 0 spiro atoms. The first kappa shape index (κ1) is 28.4. The normalized spacial score (nSPS) is 25.4. The van der Waals surface area contributed by atoms with Gasteiger partial charge in [0.25, 0.3) is 0 Å². The summed E-state index contributed by atoms with van der Waals surface area (Å²) in [7, 11) is -0.521. The van der Waals surface area contributed by atoms with E-state index >= 15 is 0 Å². The molecule has 210 valence electrons. The van der Waals surface area contributed by atoms with Gasteiger partial charge in [0.05, 0.1) is 6.04 Å². The number of hydrogen-bond donors (Lipinski definition) is 1. The third-order valence-electron chi connectivity index (χ3n) is 9.10. The van der Waals surface area contributed by atoms with Crippen molar-refractivity contribution >= 4 is 24.6 Å². The minimum atomic E-state index is -1.21. The van der Waals surface area contributed by atoms with Gasteiger partial charge in [0.15, 0.2) is 0 Å². The van der Waals surface area contributed by atoms with E-state index in [0.29, 0.717) is 11.6 Å². The van der Waals surface area contributed by atoms with Gasteiger partial charge in [-0.05, 0) is 67.0 Å². The summed E-state index contributed by atoms with van der Waals surface area (Å²) in [5.74, 6) is 0.338. The molecule has 0 amide bonds. The van der Waals surface area contributed by atoms with Crippen molar-refractivity contribution in [3.8, 4) is 11.1 Å². The lowest BCUT2D eigenvalue weighted by Gasteiger charge is -2.43. The van der Waals surface area contributed by atoms with Gasteiger partial charge in [-0.1, -0.05) is 136 Å². The summed E-state index contributed by atoms with van der Waals surface area (Å²) in [6.07, 6.45) is 1.17. The second-order valence-corrected chi connectivity index (χ2v) is 17.0. The van der Waals surface area contributed by atoms with Crippen LogP contribution in [0.1, 0.15) is 63.3 Å². The Kier molecular flexibility index (Phi) is 7.76.